The van der Waals surface area contributed by atoms with Gasteiger partial charge in [-0.3, -0.25) is 4.79 Å². The van der Waals surface area contributed by atoms with Gasteiger partial charge < -0.3 is 35.7 Å². The van der Waals surface area contributed by atoms with Crippen LogP contribution in [0.2, 0.25) is 0 Å². The van der Waals surface area contributed by atoms with Gasteiger partial charge in [0.15, 0.2) is 5.78 Å². The normalized spacial score (nSPS) is 47.1. The molecule has 0 aromatic rings. The monoisotopic (exact) mass is 496 g/mol. The predicted octanol–water partition coefficient (Wildman–Crippen LogP) is 0.825. The number of hydrogen-bond donors (Lipinski definition) is 7. The van der Waals surface area contributed by atoms with Crippen molar-refractivity contribution < 1.29 is 40.5 Å². The summed E-state index contributed by atoms with van der Waals surface area (Å²) in [7, 11) is 0. The largest absolute Gasteiger partial charge is 0.390 e. The predicted molar refractivity (Wildman–Crippen MR) is 128 cm³/mol. The maximum Gasteiger partial charge on any atom is 0.159 e. The molecule has 0 aromatic heterocycles. The molecule has 0 bridgehead atoms. The third kappa shape index (κ3) is 3.87. The molecule has 4 rings (SSSR count). The topological polar surface area (TPSA) is 159 Å². The Balaban J connectivity index is 1.67. The first-order chi connectivity index (χ1) is 15.9. The number of carbonyl (C=O) groups excluding carboxylic acids is 1. The molecule has 8 nitrogen and oxygen atoms in total. The Hall–Kier alpha value is -0.870. The molecule has 0 unspecified atom stereocenters. The fourth-order valence-electron chi connectivity index (χ4n) is 8.28. The summed E-state index contributed by atoms with van der Waals surface area (Å²) in [4.78, 5) is 13.3. The Morgan fingerprint density at radius 2 is 1.63 bits per heavy atom. The molecule has 0 spiro atoms. The van der Waals surface area contributed by atoms with Crippen LogP contribution in [0.15, 0.2) is 11.6 Å². The van der Waals surface area contributed by atoms with E-state index >= 15 is 0 Å². The van der Waals surface area contributed by atoms with Gasteiger partial charge in [0.1, 0.15) is 0 Å². The molecule has 8 heteroatoms. The number of carbonyl (C=O) groups is 1. The van der Waals surface area contributed by atoms with Crippen molar-refractivity contribution in [3.8, 4) is 0 Å². The van der Waals surface area contributed by atoms with Gasteiger partial charge in [-0.05, 0) is 88.2 Å². The van der Waals surface area contributed by atoms with Crippen LogP contribution in [-0.2, 0) is 4.79 Å². The van der Waals surface area contributed by atoms with Gasteiger partial charge in [-0.25, -0.2) is 0 Å². The van der Waals surface area contributed by atoms with E-state index in [1.165, 1.54) is 20.8 Å². The molecule has 4 aliphatic rings. The summed E-state index contributed by atoms with van der Waals surface area (Å²) >= 11 is 0. The zero-order chi connectivity index (χ0) is 26.4. The highest BCUT2D eigenvalue weighted by Crippen LogP contribution is 2.68. The molecule has 0 amide bonds. The van der Waals surface area contributed by atoms with Crippen molar-refractivity contribution in [1.29, 1.82) is 0 Å². The number of fused-ring (bicyclic) bond motifs is 5. The number of rotatable bonds is 5. The van der Waals surface area contributed by atoms with Gasteiger partial charge in [0.25, 0.3) is 0 Å². The van der Waals surface area contributed by atoms with Crippen molar-refractivity contribution in [2.75, 3.05) is 0 Å². The van der Waals surface area contributed by atoms with E-state index in [9.17, 15) is 40.5 Å². The first-order valence-corrected chi connectivity index (χ1v) is 13.0. The van der Waals surface area contributed by atoms with E-state index in [4.69, 9.17) is 0 Å². The van der Waals surface area contributed by atoms with E-state index in [1.54, 1.807) is 6.08 Å². The fourth-order valence-corrected chi connectivity index (χ4v) is 8.28. The van der Waals surface area contributed by atoms with E-state index in [1.807, 2.05) is 13.8 Å². The summed E-state index contributed by atoms with van der Waals surface area (Å²) in [5, 5.41) is 75.8. The van der Waals surface area contributed by atoms with Crippen LogP contribution < -0.4 is 0 Å². The smallest absolute Gasteiger partial charge is 0.159 e. The molecule has 4 aliphatic carbocycles. The van der Waals surface area contributed by atoms with E-state index in [2.05, 4.69) is 0 Å². The fraction of sp³-hybridized carbons (Fsp3) is 0.889. The highest BCUT2D eigenvalue weighted by Gasteiger charge is 2.69. The van der Waals surface area contributed by atoms with Crippen LogP contribution in [0, 0.1) is 28.6 Å². The van der Waals surface area contributed by atoms with Crippen LogP contribution in [0.4, 0.5) is 0 Å². The molecule has 3 fully saturated rings. The molecular formula is C27H44O8. The lowest BCUT2D eigenvalue weighted by Crippen LogP contribution is -2.63. The molecule has 11 atom stereocenters. The quantitative estimate of drug-likeness (QED) is 0.295. The first-order valence-electron chi connectivity index (χ1n) is 13.0. The van der Waals surface area contributed by atoms with Crippen LogP contribution in [0.5, 0.6) is 0 Å². The van der Waals surface area contributed by atoms with Gasteiger partial charge in [0, 0.05) is 17.8 Å². The number of ketones is 1. The second kappa shape index (κ2) is 8.32. The number of hydrogen-bond acceptors (Lipinski definition) is 8. The van der Waals surface area contributed by atoms with Gasteiger partial charge in [-0.15, -0.1) is 0 Å². The van der Waals surface area contributed by atoms with E-state index in [-0.39, 0.29) is 31.0 Å². The molecular weight excluding hydrogens is 452 g/mol. The number of aliphatic hydroxyl groups excluding tert-OH is 4. The van der Waals surface area contributed by atoms with Gasteiger partial charge in [0.05, 0.1) is 41.2 Å². The van der Waals surface area contributed by atoms with E-state index < -0.39 is 63.9 Å². The van der Waals surface area contributed by atoms with E-state index in [0.29, 0.717) is 31.3 Å². The van der Waals surface area contributed by atoms with E-state index in [0.717, 1.165) is 0 Å². The van der Waals surface area contributed by atoms with Crippen molar-refractivity contribution in [2.45, 2.75) is 121 Å². The third-order valence-electron chi connectivity index (χ3n) is 10.8. The third-order valence-corrected chi connectivity index (χ3v) is 10.8. The van der Waals surface area contributed by atoms with Crippen molar-refractivity contribution in [3.05, 3.63) is 11.6 Å². The first kappa shape index (κ1) is 27.2. The Bertz CT molecular complexity index is 892. The number of aliphatic hydroxyl groups is 7. The van der Waals surface area contributed by atoms with Crippen molar-refractivity contribution in [2.24, 2.45) is 28.6 Å². The molecule has 0 heterocycles. The molecule has 0 aliphatic heterocycles. The maximum absolute atomic E-state index is 13.3. The summed E-state index contributed by atoms with van der Waals surface area (Å²) in [6.07, 6.45) is -0.617. The zero-order valence-electron chi connectivity index (χ0n) is 21.6. The Labute approximate surface area is 207 Å². The average molecular weight is 497 g/mol. The second-order valence-corrected chi connectivity index (χ2v) is 13.2. The van der Waals surface area contributed by atoms with Crippen LogP contribution in [-0.4, -0.2) is 82.7 Å². The molecule has 200 valence electrons. The minimum Gasteiger partial charge on any atom is -0.390 e. The molecule has 0 aromatic carbocycles. The Morgan fingerprint density at radius 3 is 2.23 bits per heavy atom. The van der Waals surface area contributed by atoms with Crippen LogP contribution in [0.3, 0.4) is 0 Å². The second-order valence-electron chi connectivity index (χ2n) is 13.2. The summed E-state index contributed by atoms with van der Waals surface area (Å²) in [5.74, 6) is -1.18. The van der Waals surface area contributed by atoms with Gasteiger partial charge >= 0.3 is 0 Å². The van der Waals surface area contributed by atoms with Crippen LogP contribution in [0.25, 0.3) is 0 Å². The number of allylic oxidation sites excluding steroid dienone is 1. The molecule has 0 radical (unpaired) electrons. The van der Waals surface area contributed by atoms with Gasteiger partial charge in [-0.1, -0.05) is 13.8 Å². The summed E-state index contributed by atoms with van der Waals surface area (Å²) in [5.41, 5.74) is -5.18. The van der Waals surface area contributed by atoms with Crippen LogP contribution >= 0.6 is 0 Å². The summed E-state index contributed by atoms with van der Waals surface area (Å²) < 4.78 is 0. The highest BCUT2D eigenvalue weighted by atomic mass is 16.4. The lowest BCUT2D eigenvalue weighted by molar-refractivity contribution is -0.183. The minimum atomic E-state index is -1.64. The minimum absolute atomic E-state index is 0.129. The summed E-state index contributed by atoms with van der Waals surface area (Å²) in [6, 6.07) is 0. The molecule has 3 saturated carbocycles. The van der Waals surface area contributed by atoms with Gasteiger partial charge in [0.2, 0.25) is 0 Å². The lowest BCUT2D eigenvalue weighted by atomic mass is 9.45. The lowest BCUT2D eigenvalue weighted by Gasteiger charge is -2.60. The van der Waals surface area contributed by atoms with Crippen LogP contribution in [0.1, 0.15) is 79.6 Å². The van der Waals surface area contributed by atoms with Crippen molar-refractivity contribution in [1.82, 2.24) is 0 Å². The molecule has 35 heavy (non-hydrogen) atoms. The van der Waals surface area contributed by atoms with Gasteiger partial charge in [-0.2, -0.15) is 0 Å². The highest BCUT2D eigenvalue weighted by molar-refractivity contribution is 5.95. The maximum atomic E-state index is 13.3. The Kier molecular flexibility index (Phi) is 6.46. The van der Waals surface area contributed by atoms with Crippen molar-refractivity contribution in [3.63, 3.8) is 0 Å². The van der Waals surface area contributed by atoms with Crippen molar-refractivity contribution >= 4 is 5.78 Å². The average Bonchev–Trinajstić information content (AvgIpc) is 3.01. The standard InChI is InChI=1S/C27H44O8/c1-23(2,33)21(31)12-22(32)26(5,34)20-7-9-27(35)15-10-17(28)16-11-18(29)19(30)13-24(16,3)14(15)6-8-25(20,27)4/h10,14,16,18-22,29-35H,6-9,11-13H2,1-5H3/t14-,16-,18-,19+,20+,21+,22-,24+,25-,26-,27+/m1/s1. The Morgan fingerprint density at radius 1 is 1.00 bits per heavy atom. The SMILES string of the molecule is CC(C)(O)[C@@H](O)C[C@@H](O)[C@](C)(O)[C@H]1CC[C@]2(O)C3=CC(=O)[C@H]4C[C@@H](O)[C@@H](O)C[C@@]4(C)[C@@H]3CC[C@]12C. The zero-order valence-corrected chi connectivity index (χ0v) is 21.6. The molecule has 0 saturated heterocycles. The summed E-state index contributed by atoms with van der Waals surface area (Å²) in [6.45, 7) is 8.31. The molecule has 7 N–H and O–H groups in total.